The first-order valence-corrected chi connectivity index (χ1v) is 7.61. The lowest BCUT2D eigenvalue weighted by molar-refractivity contribution is -0.120. The lowest BCUT2D eigenvalue weighted by Crippen LogP contribution is -2.39. The smallest absolute Gasteiger partial charge is 0.241 e. The number of para-hydroxylation sites is 1. The normalized spacial score (nSPS) is 12.1. The summed E-state index contributed by atoms with van der Waals surface area (Å²) in [5, 5.41) is 2.28. The molecule has 0 radical (unpaired) electrons. The van der Waals surface area contributed by atoms with E-state index in [1.807, 2.05) is 24.3 Å². The predicted octanol–water partition coefficient (Wildman–Crippen LogP) is 3.57. The molecule has 0 saturated carbocycles. The molecular formula is C18H19F3N2O2. The average Bonchev–Trinajstić information content (AvgIpc) is 2.61. The minimum absolute atomic E-state index is 0.401. The van der Waals surface area contributed by atoms with Crippen molar-refractivity contribution in [1.82, 2.24) is 4.90 Å². The highest BCUT2D eigenvalue weighted by molar-refractivity contribution is 5.94. The summed E-state index contributed by atoms with van der Waals surface area (Å²) in [6, 6.07) is 8.48. The molecule has 2 aromatic rings. The number of benzene rings is 2. The van der Waals surface area contributed by atoms with Gasteiger partial charge in [0.1, 0.15) is 5.75 Å². The summed E-state index contributed by atoms with van der Waals surface area (Å²) in [6.07, 6.45) is 0. The Balaban J connectivity index is 2.08. The van der Waals surface area contributed by atoms with E-state index in [0.717, 1.165) is 17.7 Å². The second kappa shape index (κ2) is 8.02. The fourth-order valence-corrected chi connectivity index (χ4v) is 2.30. The van der Waals surface area contributed by atoms with Gasteiger partial charge in [-0.1, -0.05) is 18.2 Å². The maximum atomic E-state index is 13.7. The molecule has 1 atom stereocenters. The summed E-state index contributed by atoms with van der Waals surface area (Å²) >= 11 is 0. The number of hydrogen-bond acceptors (Lipinski definition) is 3. The summed E-state index contributed by atoms with van der Waals surface area (Å²) in [4.78, 5) is 14.0. The molecule has 4 nitrogen and oxygen atoms in total. The van der Waals surface area contributed by atoms with Gasteiger partial charge in [-0.2, -0.15) is 0 Å². The molecule has 134 valence electrons. The van der Waals surface area contributed by atoms with Crippen molar-refractivity contribution in [3.05, 3.63) is 59.4 Å². The van der Waals surface area contributed by atoms with E-state index in [2.05, 4.69) is 5.32 Å². The van der Waals surface area contributed by atoms with E-state index in [9.17, 15) is 18.0 Å². The van der Waals surface area contributed by atoms with Crippen molar-refractivity contribution in [3.8, 4) is 5.75 Å². The molecule has 0 spiro atoms. The van der Waals surface area contributed by atoms with Gasteiger partial charge in [-0.3, -0.25) is 9.69 Å². The highest BCUT2D eigenvalue weighted by Crippen LogP contribution is 2.22. The number of rotatable bonds is 6. The Morgan fingerprint density at radius 1 is 1.16 bits per heavy atom. The van der Waals surface area contributed by atoms with Crippen molar-refractivity contribution >= 4 is 11.6 Å². The van der Waals surface area contributed by atoms with E-state index in [0.29, 0.717) is 12.3 Å². The van der Waals surface area contributed by atoms with Crippen LogP contribution in [0.4, 0.5) is 18.9 Å². The molecule has 2 aromatic carbocycles. The first-order valence-electron chi connectivity index (χ1n) is 7.61. The molecule has 1 N–H and O–H groups in total. The van der Waals surface area contributed by atoms with Gasteiger partial charge < -0.3 is 10.1 Å². The summed E-state index contributed by atoms with van der Waals surface area (Å²) in [6.45, 7) is 2.04. The number of likely N-dealkylation sites (N-methyl/N-ethyl adjacent to an activating group) is 1. The Bertz CT molecular complexity index is 768. The third-order valence-corrected chi connectivity index (χ3v) is 3.95. The molecule has 0 aliphatic heterocycles. The van der Waals surface area contributed by atoms with Gasteiger partial charge >= 0.3 is 0 Å². The Morgan fingerprint density at radius 2 is 1.84 bits per heavy atom. The van der Waals surface area contributed by atoms with Crippen LogP contribution in [-0.2, 0) is 11.3 Å². The van der Waals surface area contributed by atoms with Crippen LogP contribution < -0.4 is 10.1 Å². The molecular weight excluding hydrogens is 333 g/mol. The van der Waals surface area contributed by atoms with Crippen LogP contribution in [0.15, 0.2) is 36.4 Å². The van der Waals surface area contributed by atoms with Crippen LogP contribution in [0.3, 0.4) is 0 Å². The molecule has 1 amide bonds. The number of nitrogens with one attached hydrogen (secondary N) is 1. The number of halogens is 3. The maximum Gasteiger partial charge on any atom is 0.241 e. The number of hydrogen-bond donors (Lipinski definition) is 1. The Morgan fingerprint density at radius 3 is 2.52 bits per heavy atom. The van der Waals surface area contributed by atoms with Crippen LogP contribution >= 0.6 is 0 Å². The Hall–Kier alpha value is -2.54. The highest BCUT2D eigenvalue weighted by Gasteiger charge is 2.22. The minimum atomic E-state index is -1.62. The zero-order valence-corrected chi connectivity index (χ0v) is 14.1. The molecule has 7 heteroatoms. The summed E-state index contributed by atoms with van der Waals surface area (Å²) in [7, 11) is 3.28. The zero-order chi connectivity index (χ0) is 18.6. The van der Waals surface area contributed by atoms with Crippen LogP contribution in [0.2, 0.25) is 0 Å². The minimum Gasteiger partial charge on any atom is -0.496 e. The van der Waals surface area contributed by atoms with Gasteiger partial charge in [0.05, 0.1) is 18.8 Å². The van der Waals surface area contributed by atoms with Crippen molar-refractivity contribution in [3.63, 3.8) is 0 Å². The number of amides is 1. The first-order chi connectivity index (χ1) is 11.8. The van der Waals surface area contributed by atoms with Crippen molar-refractivity contribution in [1.29, 1.82) is 0 Å². The van der Waals surface area contributed by atoms with Crippen molar-refractivity contribution < 1.29 is 22.7 Å². The third kappa shape index (κ3) is 4.30. The van der Waals surface area contributed by atoms with E-state index in [4.69, 9.17) is 4.74 Å². The van der Waals surface area contributed by atoms with E-state index >= 15 is 0 Å². The van der Waals surface area contributed by atoms with Gasteiger partial charge in [-0.05, 0) is 32.2 Å². The SMILES string of the molecule is COc1ccccc1CN(C)C(C)C(=O)Nc1ccc(F)c(F)c1F. The molecule has 0 bridgehead atoms. The molecule has 0 aliphatic rings. The lowest BCUT2D eigenvalue weighted by Gasteiger charge is -2.24. The van der Waals surface area contributed by atoms with Crippen LogP contribution in [0.1, 0.15) is 12.5 Å². The molecule has 0 aliphatic carbocycles. The molecule has 0 fully saturated rings. The van der Waals surface area contributed by atoms with Gasteiger partial charge in [-0.25, -0.2) is 13.2 Å². The van der Waals surface area contributed by atoms with Crippen LogP contribution in [-0.4, -0.2) is 31.0 Å². The van der Waals surface area contributed by atoms with E-state index in [1.54, 1.807) is 26.0 Å². The number of carbonyl (C=O) groups excluding carboxylic acids is 1. The summed E-state index contributed by atoms with van der Waals surface area (Å²) in [5.41, 5.74) is 0.479. The Labute approximate surface area is 144 Å². The van der Waals surface area contributed by atoms with Gasteiger partial charge in [-0.15, -0.1) is 0 Å². The van der Waals surface area contributed by atoms with E-state index < -0.39 is 35.1 Å². The molecule has 0 heterocycles. The van der Waals surface area contributed by atoms with Crippen molar-refractivity contribution in [2.75, 3.05) is 19.5 Å². The average molecular weight is 352 g/mol. The van der Waals surface area contributed by atoms with Crippen molar-refractivity contribution in [2.24, 2.45) is 0 Å². The lowest BCUT2D eigenvalue weighted by atomic mass is 10.1. The standard InChI is InChI=1S/C18H19F3N2O2/c1-11(23(2)10-12-6-4-5-7-15(12)25-3)18(24)22-14-9-8-13(19)16(20)17(14)21/h4-9,11H,10H2,1-3H3,(H,22,24). The van der Waals surface area contributed by atoms with Crippen LogP contribution in [0.5, 0.6) is 5.75 Å². The fraction of sp³-hybridized carbons (Fsp3) is 0.278. The summed E-state index contributed by atoms with van der Waals surface area (Å²) in [5.74, 6) is -4.20. The summed E-state index contributed by atoms with van der Waals surface area (Å²) < 4.78 is 45.1. The molecule has 1 unspecified atom stereocenters. The predicted molar refractivity (Wildman–Crippen MR) is 88.9 cm³/mol. The number of carbonyl (C=O) groups is 1. The quantitative estimate of drug-likeness (QED) is 0.808. The second-order valence-electron chi connectivity index (χ2n) is 5.62. The van der Waals surface area contributed by atoms with Crippen LogP contribution in [0.25, 0.3) is 0 Å². The second-order valence-corrected chi connectivity index (χ2v) is 5.62. The molecule has 2 rings (SSSR count). The van der Waals surface area contributed by atoms with Crippen molar-refractivity contribution in [2.45, 2.75) is 19.5 Å². The highest BCUT2D eigenvalue weighted by atomic mass is 19.2. The van der Waals surface area contributed by atoms with Gasteiger partial charge in [0, 0.05) is 12.1 Å². The first kappa shape index (κ1) is 18.8. The molecule has 0 aromatic heterocycles. The van der Waals surface area contributed by atoms with Crippen LogP contribution in [0, 0.1) is 17.5 Å². The fourth-order valence-electron chi connectivity index (χ4n) is 2.30. The molecule has 0 saturated heterocycles. The van der Waals surface area contributed by atoms with Gasteiger partial charge in [0.2, 0.25) is 5.91 Å². The van der Waals surface area contributed by atoms with E-state index in [-0.39, 0.29) is 0 Å². The topological polar surface area (TPSA) is 41.6 Å². The largest absolute Gasteiger partial charge is 0.496 e. The number of nitrogens with zero attached hydrogens (tertiary/aromatic N) is 1. The van der Waals surface area contributed by atoms with Gasteiger partial charge in [0.15, 0.2) is 17.5 Å². The number of anilines is 1. The number of methoxy groups -OCH3 is 1. The molecule has 25 heavy (non-hydrogen) atoms. The maximum absolute atomic E-state index is 13.7. The zero-order valence-electron chi connectivity index (χ0n) is 14.1. The monoisotopic (exact) mass is 352 g/mol. The Kier molecular flexibility index (Phi) is 6.03. The third-order valence-electron chi connectivity index (χ3n) is 3.95. The number of ether oxygens (including phenoxy) is 1. The van der Waals surface area contributed by atoms with E-state index in [1.165, 1.54) is 0 Å². The van der Waals surface area contributed by atoms with Gasteiger partial charge in [0.25, 0.3) is 0 Å².